The van der Waals surface area contributed by atoms with Gasteiger partial charge >= 0.3 is 0 Å². The van der Waals surface area contributed by atoms with Gasteiger partial charge in [0.05, 0.1) is 0 Å². The molecule has 0 radical (unpaired) electrons. The molecule has 0 N–H and O–H groups in total. The molecule has 88 valence electrons. The van der Waals surface area contributed by atoms with Crippen molar-refractivity contribution in [2.24, 2.45) is 16.2 Å². The average Bonchev–Trinajstić information content (AvgIpc) is 1.43. The van der Waals surface area contributed by atoms with Crippen LogP contribution in [0.3, 0.4) is 0 Å². The summed E-state index contributed by atoms with van der Waals surface area (Å²) in [6.45, 7) is 18.8. The van der Waals surface area contributed by atoms with E-state index in [1.807, 2.05) is 0 Å². The third-order valence-electron chi connectivity index (χ3n) is 2.02. The average molecular weight is 200 g/mol. The smallest absolute Gasteiger partial charge is 0.0344 e. The van der Waals surface area contributed by atoms with Crippen LogP contribution in [0.2, 0.25) is 0 Å². The Labute approximate surface area is 92.5 Å². The molecule has 0 amide bonds. The van der Waals surface area contributed by atoms with Crippen molar-refractivity contribution in [3.8, 4) is 0 Å². The molecule has 0 aliphatic heterocycles. The highest BCUT2D eigenvalue weighted by Gasteiger charge is 2.29. The first-order valence-corrected chi connectivity index (χ1v) is 5.41. The standard InChI is InChI=1S/C13H28.CH4/c1-11(2,3)9-13(7,8)10-12(4,5)6;/h9-10H2,1-8H3;1H4. The highest BCUT2D eigenvalue weighted by molar-refractivity contribution is 4.80. The van der Waals surface area contributed by atoms with E-state index in [1.54, 1.807) is 0 Å². The number of hydrogen-bond donors (Lipinski definition) is 0. The summed E-state index contributed by atoms with van der Waals surface area (Å²) in [4.78, 5) is 0. The van der Waals surface area contributed by atoms with Gasteiger partial charge in [-0.15, -0.1) is 0 Å². The molecule has 0 spiro atoms. The third kappa shape index (κ3) is 10.1. The highest BCUT2D eigenvalue weighted by atomic mass is 14.3. The maximum absolute atomic E-state index is 2.39. The molecule has 0 nitrogen and oxygen atoms in total. The summed E-state index contributed by atoms with van der Waals surface area (Å²) < 4.78 is 0. The fourth-order valence-corrected chi connectivity index (χ4v) is 2.93. The molecule has 0 aromatic heterocycles. The van der Waals surface area contributed by atoms with E-state index in [9.17, 15) is 0 Å². The van der Waals surface area contributed by atoms with E-state index >= 15 is 0 Å². The second-order valence-electron chi connectivity index (χ2n) is 7.64. The molecule has 0 fully saturated rings. The summed E-state index contributed by atoms with van der Waals surface area (Å²) in [5.41, 5.74) is 1.38. The lowest BCUT2D eigenvalue weighted by atomic mass is 9.69. The van der Waals surface area contributed by atoms with Crippen molar-refractivity contribution in [1.82, 2.24) is 0 Å². The minimum Gasteiger partial charge on any atom is -0.0776 e. The summed E-state index contributed by atoms with van der Waals surface area (Å²) in [5, 5.41) is 0. The highest BCUT2D eigenvalue weighted by Crippen LogP contribution is 2.41. The van der Waals surface area contributed by atoms with Crippen LogP contribution in [0.25, 0.3) is 0 Å². The van der Waals surface area contributed by atoms with Crippen LogP contribution in [0.1, 0.15) is 75.7 Å². The van der Waals surface area contributed by atoms with Crippen LogP contribution in [0, 0.1) is 16.2 Å². The Hall–Kier alpha value is 0. The molecule has 0 atom stereocenters. The minimum atomic E-state index is 0. The van der Waals surface area contributed by atoms with Crippen LogP contribution in [-0.4, -0.2) is 0 Å². The van der Waals surface area contributed by atoms with Crippen LogP contribution in [0.15, 0.2) is 0 Å². The van der Waals surface area contributed by atoms with E-state index in [1.165, 1.54) is 12.8 Å². The van der Waals surface area contributed by atoms with E-state index < -0.39 is 0 Å². The molecule has 14 heavy (non-hydrogen) atoms. The van der Waals surface area contributed by atoms with Crippen molar-refractivity contribution in [3.63, 3.8) is 0 Å². The van der Waals surface area contributed by atoms with Crippen molar-refractivity contribution in [1.29, 1.82) is 0 Å². The van der Waals surface area contributed by atoms with Gasteiger partial charge in [0.15, 0.2) is 0 Å². The van der Waals surface area contributed by atoms with E-state index in [0.29, 0.717) is 16.2 Å². The topological polar surface area (TPSA) is 0 Å². The van der Waals surface area contributed by atoms with Gasteiger partial charge in [0.1, 0.15) is 0 Å². The number of hydrogen-bond acceptors (Lipinski definition) is 0. The van der Waals surface area contributed by atoms with Crippen LogP contribution in [-0.2, 0) is 0 Å². The first kappa shape index (κ1) is 16.4. The molecule has 0 aromatic carbocycles. The lowest BCUT2D eigenvalue weighted by Crippen LogP contribution is -2.25. The predicted octanol–water partition coefficient (Wildman–Crippen LogP) is 5.52. The van der Waals surface area contributed by atoms with Crippen LogP contribution < -0.4 is 0 Å². The van der Waals surface area contributed by atoms with Crippen molar-refractivity contribution in [2.45, 2.75) is 75.7 Å². The zero-order valence-electron chi connectivity index (χ0n) is 10.9. The molecular formula is C14H32. The molecule has 0 aliphatic carbocycles. The fourth-order valence-electron chi connectivity index (χ4n) is 2.93. The van der Waals surface area contributed by atoms with Crippen molar-refractivity contribution >= 4 is 0 Å². The molecule has 0 rings (SSSR count). The Morgan fingerprint density at radius 3 is 0.929 bits per heavy atom. The zero-order chi connectivity index (χ0) is 10.9. The molecule has 0 unspecified atom stereocenters. The van der Waals surface area contributed by atoms with Gasteiger partial charge < -0.3 is 0 Å². The minimum absolute atomic E-state index is 0. The van der Waals surface area contributed by atoms with Gasteiger partial charge in [-0.25, -0.2) is 0 Å². The van der Waals surface area contributed by atoms with Gasteiger partial charge in [0, 0.05) is 0 Å². The van der Waals surface area contributed by atoms with E-state index in [4.69, 9.17) is 0 Å². The first-order valence-electron chi connectivity index (χ1n) is 5.41. The summed E-state index contributed by atoms with van der Waals surface area (Å²) in [5.74, 6) is 0. The van der Waals surface area contributed by atoms with Crippen LogP contribution in [0.4, 0.5) is 0 Å². The molecule has 0 heterocycles. The zero-order valence-corrected chi connectivity index (χ0v) is 10.9. The Kier molecular flexibility index (Phi) is 5.49. The molecule has 0 aliphatic rings. The van der Waals surface area contributed by atoms with E-state index in [-0.39, 0.29) is 7.43 Å². The first-order chi connectivity index (χ1) is 5.41. The predicted molar refractivity (Wildman–Crippen MR) is 68.7 cm³/mol. The van der Waals surface area contributed by atoms with E-state index in [2.05, 4.69) is 55.4 Å². The second-order valence-corrected chi connectivity index (χ2v) is 7.64. The summed E-state index contributed by atoms with van der Waals surface area (Å²) >= 11 is 0. The molecule has 0 bridgehead atoms. The second kappa shape index (κ2) is 4.68. The van der Waals surface area contributed by atoms with Gasteiger partial charge in [-0.2, -0.15) is 0 Å². The summed E-state index contributed by atoms with van der Waals surface area (Å²) in [6.07, 6.45) is 2.61. The maximum Gasteiger partial charge on any atom is -0.0344 e. The van der Waals surface area contributed by atoms with E-state index in [0.717, 1.165) is 0 Å². The van der Waals surface area contributed by atoms with Crippen LogP contribution >= 0.6 is 0 Å². The molecule has 0 saturated carbocycles. The largest absolute Gasteiger partial charge is 0.0776 e. The van der Waals surface area contributed by atoms with Gasteiger partial charge in [-0.1, -0.05) is 62.8 Å². The third-order valence-corrected chi connectivity index (χ3v) is 2.02. The molecule has 0 saturated heterocycles. The molecular weight excluding hydrogens is 168 g/mol. The van der Waals surface area contributed by atoms with Gasteiger partial charge in [0.2, 0.25) is 0 Å². The Morgan fingerprint density at radius 1 is 0.571 bits per heavy atom. The Morgan fingerprint density at radius 2 is 0.786 bits per heavy atom. The SMILES string of the molecule is C.CC(C)(C)CC(C)(C)CC(C)(C)C. The fraction of sp³-hybridized carbons (Fsp3) is 1.00. The van der Waals surface area contributed by atoms with Crippen molar-refractivity contribution in [2.75, 3.05) is 0 Å². The summed E-state index contributed by atoms with van der Waals surface area (Å²) in [6, 6.07) is 0. The van der Waals surface area contributed by atoms with Crippen molar-refractivity contribution in [3.05, 3.63) is 0 Å². The molecule has 0 heteroatoms. The lowest BCUT2D eigenvalue weighted by molar-refractivity contribution is 0.143. The monoisotopic (exact) mass is 200 g/mol. The van der Waals surface area contributed by atoms with Gasteiger partial charge in [-0.05, 0) is 29.1 Å². The van der Waals surface area contributed by atoms with Crippen LogP contribution in [0.5, 0.6) is 0 Å². The molecule has 0 aromatic rings. The van der Waals surface area contributed by atoms with Gasteiger partial charge in [0.25, 0.3) is 0 Å². The van der Waals surface area contributed by atoms with Gasteiger partial charge in [-0.3, -0.25) is 0 Å². The summed E-state index contributed by atoms with van der Waals surface area (Å²) in [7, 11) is 0. The Bertz CT molecular complexity index is 132. The van der Waals surface area contributed by atoms with Crippen molar-refractivity contribution < 1.29 is 0 Å². The Balaban J connectivity index is 0. The maximum atomic E-state index is 2.39. The quantitative estimate of drug-likeness (QED) is 0.550. The lowest BCUT2D eigenvalue weighted by Gasteiger charge is -2.37. The number of rotatable bonds is 2. The normalized spacial score (nSPS) is 13.7.